The average molecular weight is 391 g/mol. The van der Waals surface area contributed by atoms with E-state index < -0.39 is 5.97 Å². The number of ketones is 1. The quantitative estimate of drug-likeness (QED) is 0.475. The lowest BCUT2D eigenvalue weighted by Gasteiger charge is -2.33. The Bertz CT molecular complexity index is 696. The highest BCUT2D eigenvalue weighted by molar-refractivity contribution is 5.94. The molecule has 1 amide bonds. The van der Waals surface area contributed by atoms with Gasteiger partial charge in [0, 0.05) is 18.2 Å². The highest BCUT2D eigenvalue weighted by Crippen LogP contribution is 2.28. The molecule has 2 rings (SSSR count). The maximum Gasteiger partial charge on any atom is 0.344 e. The molecule has 0 saturated heterocycles. The minimum absolute atomic E-state index is 0.0961. The van der Waals surface area contributed by atoms with Crippen molar-refractivity contribution in [2.24, 2.45) is 0 Å². The standard InChI is InChI=1S/C21H29NO6/c1-4-22(17-8-6-5-7-9-17)20(24)13-28-21(25)14-27-18-11-10-16(15(2)23)12-19(18)26-3/h10-12,17H,4-9,13-14H2,1-3H3. The molecule has 0 atom stereocenters. The summed E-state index contributed by atoms with van der Waals surface area (Å²) in [5, 5.41) is 0. The van der Waals surface area contributed by atoms with E-state index in [-0.39, 0.29) is 30.9 Å². The van der Waals surface area contributed by atoms with Gasteiger partial charge in [0.25, 0.3) is 5.91 Å². The van der Waals surface area contributed by atoms with Crippen molar-refractivity contribution in [3.8, 4) is 11.5 Å². The first kappa shape index (κ1) is 21.7. The number of benzene rings is 1. The van der Waals surface area contributed by atoms with Crippen LogP contribution in [0.2, 0.25) is 0 Å². The molecule has 7 heteroatoms. The number of carbonyl (C=O) groups is 3. The van der Waals surface area contributed by atoms with Crippen molar-refractivity contribution in [1.82, 2.24) is 4.90 Å². The predicted octanol–water partition coefficient (Wildman–Crippen LogP) is 3.00. The predicted molar refractivity (Wildman–Crippen MR) is 104 cm³/mol. The molecule has 1 saturated carbocycles. The number of rotatable bonds is 9. The summed E-state index contributed by atoms with van der Waals surface area (Å²) in [7, 11) is 1.45. The summed E-state index contributed by atoms with van der Waals surface area (Å²) in [4.78, 5) is 37.6. The summed E-state index contributed by atoms with van der Waals surface area (Å²) in [6.07, 6.45) is 5.49. The number of hydrogen-bond donors (Lipinski definition) is 0. The van der Waals surface area contributed by atoms with Crippen molar-refractivity contribution in [2.75, 3.05) is 26.9 Å². The number of methoxy groups -OCH3 is 1. The van der Waals surface area contributed by atoms with E-state index in [0.29, 0.717) is 23.6 Å². The zero-order valence-electron chi connectivity index (χ0n) is 16.9. The molecule has 28 heavy (non-hydrogen) atoms. The zero-order chi connectivity index (χ0) is 20.5. The molecular weight excluding hydrogens is 362 g/mol. The van der Waals surface area contributed by atoms with Gasteiger partial charge in [-0.05, 0) is 44.9 Å². The molecule has 1 aromatic rings. The first-order valence-electron chi connectivity index (χ1n) is 9.73. The van der Waals surface area contributed by atoms with Gasteiger partial charge in [-0.2, -0.15) is 0 Å². The van der Waals surface area contributed by atoms with Gasteiger partial charge in [-0.3, -0.25) is 9.59 Å². The van der Waals surface area contributed by atoms with Gasteiger partial charge in [0.1, 0.15) is 0 Å². The summed E-state index contributed by atoms with van der Waals surface area (Å²) < 4.78 is 15.7. The lowest BCUT2D eigenvalue weighted by molar-refractivity contribution is -0.154. The Morgan fingerprint density at radius 2 is 1.79 bits per heavy atom. The van der Waals surface area contributed by atoms with Crippen LogP contribution in [0.25, 0.3) is 0 Å². The van der Waals surface area contributed by atoms with Gasteiger partial charge in [0.2, 0.25) is 0 Å². The second-order valence-corrected chi connectivity index (χ2v) is 6.84. The van der Waals surface area contributed by atoms with E-state index in [2.05, 4.69) is 0 Å². The maximum atomic E-state index is 12.4. The molecule has 154 valence electrons. The molecule has 0 N–H and O–H groups in total. The molecule has 1 aromatic carbocycles. The Kier molecular flexibility index (Phi) is 8.29. The fourth-order valence-corrected chi connectivity index (χ4v) is 3.44. The van der Waals surface area contributed by atoms with Crippen molar-refractivity contribution < 1.29 is 28.6 Å². The molecule has 0 aliphatic heterocycles. The third-order valence-electron chi connectivity index (χ3n) is 4.95. The number of nitrogens with zero attached hydrogens (tertiary/aromatic N) is 1. The zero-order valence-corrected chi connectivity index (χ0v) is 16.9. The van der Waals surface area contributed by atoms with Crippen molar-refractivity contribution in [3.05, 3.63) is 23.8 Å². The summed E-state index contributed by atoms with van der Waals surface area (Å²) >= 11 is 0. The number of ether oxygens (including phenoxy) is 3. The van der Waals surface area contributed by atoms with Crippen LogP contribution < -0.4 is 9.47 Å². The molecule has 7 nitrogen and oxygen atoms in total. The molecule has 0 heterocycles. The molecule has 0 bridgehead atoms. The Morgan fingerprint density at radius 1 is 1.07 bits per heavy atom. The van der Waals surface area contributed by atoms with Crippen LogP contribution in [0, 0.1) is 0 Å². The van der Waals surface area contributed by atoms with Crippen LogP contribution >= 0.6 is 0 Å². The van der Waals surface area contributed by atoms with E-state index in [1.165, 1.54) is 20.5 Å². The molecular formula is C21H29NO6. The van der Waals surface area contributed by atoms with Gasteiger partial charge in [-0.1, -0.05) is 19.3 Å². The third-order valence-corrected chi connectivity index (χ3v) is 4.95. The van der Waals surface area contributed by atoms with Crippen LogP contribution in [-0.4, -0.2) is 55.5 Å². The molecule has 1 fully saturated rings. The van der Waals surface area contributed by atoms with Crippen LogP contribution in [0.4, 0.5) is 0 Å². The van der Waals surface area contributed by atoms with Crippen molar-refractivity contribution in [1.29, 1.82) is 0 Å². The maximum absolute atomic E-state index is 12.4. The SMILES string of the molecule is CCN(C(=O)COC(=O)COc1ccc(C(C)=O)cc1OC)C1CCCCC1. The van der Waals surface area contributed by atoms with Crippen molar-refractivity contribution in [2.45, 2.75) is 52.0 Å². The summed E-state index contributed by atoms with van der Waals surface area (Å²) in [5.41, 5.74) is 0.486. The Morgan fingerprint density at radius 3 is 2.39 bits per heavy atom. The van der Waals surface area contributed by atoms with Gasteiger partial charge in [-0.25, -0.2) is 4.79 Å². The van der Waals surface area contributed by atoms with E-state index in [1.807, 2.05) is 6.92 Å². The van der Waals surface area contributed by atoms with Crippen molar-refractivity contribution in [3.63, 3.8) is 0 Å². The number of esters is 1. The number of carbonyl (C=O) groups excluding carboxylic acids is 3. The van der Waals surface area contributed by atoms with Crippen molar-refractivity contribution >= 4 is 17.7 Å². The van der Waals surface area contributed by atoms with Gasteiger partial charge in [0.15, 0.2) is 30.5 Å². The summed E-state index contributed by atoms with van der Waals surface area (Å²) in [6.45, 7) is 3.37. The minimum atomic E-state index is -0.634. The molecule has 0 radical (unpaired) electrons. The van der Waals surface area contributed by atoms with E-state index in [1.54, 1.807) is 23.1 Å². The van der Waals surface area contributed by atoms with Gasteiger partial charge in [-0.15, -0.1) is 0 Å². The van der Waals surface area contributed by atoms with Gasteiger partial charge >= 0.3 is 5.97 Å². The topological polar surface area (TPSA) is 82.1 Å². The molecule has 1 aliphatic rings. The van der Waals surface area contributed by atoms with Crippen LogP contribution in [0.3, 0.4) is 0 Å². The molecule has 0 unspecified atom stereocenters. The second-order valence-electron chi connectivity index (χ2n) is 6.84. The smallest absolute Gasteiger partial charge is 0.344 e. The Labute approximate surface area is 165 Å². The van der Waals surface area contributed by atoms with Gasteiger partial charge < -0.3 is 19.1 Å². The largest absolute Gasteiger partial charge is 0.493 e. The van der Waals surface area contributed by atoms with E-state index in [0.717, 1.165) is 25.7 Å². The van der Waals surface area contributed by atoms with Crippen LogP contribution in [-0.2, 0) is 14.3 Å². The number of likely N-dealkylation sites (N-methyl/N-ethyl adjacent to an activating group) is 1. The lowest BCUT2D eigenvalue weighted by atomic mass is 9.94. The summed E-state index contributed by atoms with van der Waals surface area (Å²) in [5.74, 6) is -0.225. The third kappa shape index (κ3) is 5.97. The number of hydrogen-bond acceptors (Lipinski definition) is 6. The number of Topliss-reactive ketones (excluding diaryl/α,β-unsaturated/α-hetero) is 1. The Hall–Kier alpha value is -2.57. The molecule has 1 aliphatic carbocycles. The van der Waals surface area contributed by atoms with Crippen LogP contribution in [0.15, 0.2) is 18.2 Å². The first-order chi connectivity index (χ1) is 13.5. The highest BCUT2D eigenvalue weighted by atomic mass is 16.6. The van der Waals surface area contributed by atoms with E-state index >= 15 is 0 Å². The highest BCUT2D eigenvalue weighted by Gasteiger charge is 2.24. The normalized spacial score (nSPS) is 14.2. The average Bonchev–Trinajstić information content (AvgIpc) is 2.71. The summed E-state index contributed by atoms with van der Waals surface area (Å²) in [6, 6.07) is 4.95. The molecule has 0 aromatic heterocycles. The van der Waals surface area contributed by atoms with Gasteiger partial charge in [0.05, 0.1) is 7.11 Å². The monoisotopic (exact) mass is 391 g/mol. The van der Waals surface area contributed by atoms with E-state index in [9.17, 15) is 14.4 Å². The first-order valence-corrected chi connectivity index (χ1v) is 9.73. The van der Waals surface area contributed by atoms with Crippen LogP contribution in [0.1, 0.15) is 56.3 Å². The Balaban J connectivity index is 1.83. The minimum Gasteiger partial charge on any atom is -0.493 e. The fraction of sp³-hybridized carbons (Fsp3) is 0.571. The lowest BCUT2D eigenvalue weighted by Crippen LogP contribution is -2.43. The fourth-order valence-electron chi connectivity index (χ4n) is 3.44. The van der Waals surface area contributed by atoms with Crippen LogP contribution in [0.5, 0.6) is 11.5 Å². The number of amides is 1. The molecule has 0 spiro atoms. The second kappa shape index (κ2) is 10.7. The van der Waals surface area contributed by atoms with E-state index in [4.69, 9.17) is 14.2 Å².